The summed E-state index contributed by atoms with van der Waals surface area (Å²) < 4.78 is 15.8. The Morgan fingerprint density at radius 1 is 0.647 bits per heavy atom. The van der Waals surface area contributed by atoms with Crippen molar-refractivity contribution in [3.8, 4) is 17.2 Å². The van der Waals surface area contributed by atoms with E-state index in [-0.39, 0.29) is 0 Å². The SMILES string of the molecule is COc1cc(C(=O)Nc2ccc(C(=O)NNC(=O)c3cccc(C)c3)cc2)cc(OC)c1OC. The highest BCUT2D eigenvalue weighted by atomic mass is 16.5. The highest BCUT2D eigenvalue weighted by molar-refractivity contribution is 6.05. The molecule has 3 aromatic carbocycles. The van der Waals surface area contributed by atoms with Crippen molar-refractivity contribution in [3.05, 3.63) is 82.9 Å². The number of carbonyl (C=O) groups is 3. The molecule has 0 spiro atoms. The number of hydrogen-bond acceptors (Lipinski definition) is 6. The molecule has 3 aromatic rings. The van der Waals surface area contributed by atoms with E-state index in [4.69, 9.17) is 14.2 Å². The molecule has 176 valence electrons. The van der Waals surface area contributed by atoms with Gasteiger partial charge in [-0.05, 0) is 55.5 Å². The topological polar surface area (TPSA) is 115 Å². The molecule has 9 nitrogen and oxygen atoms in total. The summed E-state index contributed by atoms with van der Waals surface area (Å²) in [6.45, 7) is 1.87. The van der Waals surface area contributed by atoms with E-state index in [9.17, 15) is 14.4 Å². The zero-order valence-corrected chi connectivity index (χ0v) is 19.2. The molecule has 3 rings (SSSR count). The third-order valence-electron chi connectivity index (χ3n) is 4.90. The van der Waals surface area contributed by atoms with E-state index in [1.807, 2.05) is 13.0 Å². The second-order valence-corrected chi connectivity index (χ2v) is 7.22. The minimum absolute atomic E-state index is 0.301. The van der Waals surface area contributed by atoms with Gasteiger partial charge in [-0.2, -0.15) is 0 Å². The predicted molar refractivity (Wildman–Crippen MR) is 127 cm³/mol. The monoisotopic (exact) mass is 463 g/mol. The molecule has 0 radical (unpaired) electrons. The number of anilines is 1. The number of hydrazine groups is 1. The minimum atomic E-state index is -0.497. The van der Waals surface area contributed by atoms with Crippen molar-refractivity contribution >= 4 is 23.4 Å². The lowest BCUT2D eigenvalue weighted by Crippen LogP contribution is -2.41. The Labute approximate surface area is 197 Å². The maximum Gasteiger partial charge on any atom is 0.269 e. The van der Waals surface area contributed by atoms with Gasteiger partial charge in [0.1, 0.15) is 0 Å². The summed E-state index contributed by atoms with van der Waals surface area (Å²) in [4.78, 5) is 37.2. The first-order valence-corrected chi connectivity index (χ1v) is 10.2. The maximum atomic E-state index is 12.7. The minimum Gasteiger partial charge on any atom is -0.493 e. The van der Waals surface area contributed by atoms with Gasteiger partial charge in [-0.25, -0.2) is 0 Å². The van der Waals surface area contributed by atoms with Crippen LogP contribution in [-0.4, -0.2) is 39.1 Å². The number of aryl methyl sites for hydroxylation is 1. The standard InChI is InChI=1S/C25H25N3O6/c1-15-6-5-7-17(12-15)25(31)28-27-24(30)16-8-10-19(11-9-16)26-23(29)18-13-20(32-2)22(34-4)21(14-18)33-3/h5-14H,1-4H3,(H,26,29)(H,27,30)(H,28,31). The number of rotatable bonds is 7. The lowest BCUT2D eigenvalue weighted by Gasteiger charge is -2.14. The Bertz CT molecular complexity index is 1180. The summed E-state index contributed by atoms with van der Waals surface area (Å²) in [6.07, 6.45) is 0. The average molecular weight is 463 g/mol. The van der Waals surface area contributed by atoms with Crippen LogP contribution in [0.25, 0.3) is 0 Å². The Hall–Kier alpha value is -4.53. The first kappa shape index (κ1) is 24.1. The molecular formula is C25H25N3O6. The van der Waals surface area contributed by atoms with Gasteiger partial charge in [0.25, 0.3) is 17.7 Å². The van der Waals surface area contributed by atoms with Gasteiger partial charge in [0.2, 0.25) is 5.75 Å². The predicted octanol–water partition coefficient (Wildman–Crippen LogP) is 3.35. The van der Waals surface area contributed by atoms with Crippen molar-refractivity contribution in [2.24, 2.45) is 0 Å². The Morgan fingerprint density at radius 2 is 1.24 bits per heavy atom. The maximum absolute atomic E-state index is 12.7. The van der Waals surface area contributed by atoms with E-state index in [0.29, 0.717) is 39.6 Å². The second-order valence-electron chi connectivity index (χ2n) is 7.22. The van der Waals surface area contributed by atoms with Gasteiger partial charge >= 0.3 is 0 Å². The fourth-order valence-corrected chi connectivity index (χ4v) is 3.16. The number of carbonyl (C=O) groups excluding carboxylic acids is 3. The number of hydrogen-bond donors (Lipinski definition) is 3. The fourth-order valence-electron chi connectivity index (χ4n) is 3.16. The lowest BCUT2D eigenvalue weighted by molar-refractivity contribution is 0.0846. The molecule has 0 aliphatic heterocycles. The summed E-state index contributed by atoms with van der Waals surface area (Å²) in [6, 6.07) is 16.3. The summed E-state index contributed by atoms with van der Waals surface area (Å²) in [5.74, 6) is -0.235. The van der Waals surface area contributed by atoms with Crippen LogP contribution in [0.15, 0.2) is 60.7 Å². The van der Waals surface area contributed by atoms with Gasteiger partial charge in [-0.1, -0.05) is 17.7 Å². The van der Waals surface area contributed by atoms with Crippen LogP contribution in [0, 0.1) is 6.92 Å². The molecule has 9 heteroatoms. The molecule has 3 N–H and O–H groups in total. The quantitative estimate of drug-likeness (QED) is 0.463. The average Bonchev–Trinajstić information content (AvgIpc) is 2.86. The fraction of sp³-hybridized carbons (Fsp3) is 0.160. The summed E-state index contributed by atoms with van der Waals surface area (Å²) >= 11 is 0. The Kier molecular flexibility index (Phi) is 7.71. The van der Waals surface area contributed by atoms with Crippen LogP contribution in [0.1, 0.15) is 36.6 Å². The van der Waals surface area contributed by atoms with E-state index >= 15 is 0 Å². The van der Waals surface area contributed by atoms with E-state index in [2.05, 4.69) is 16.2 Å². The van der Waals surface area contributed by atoms with Gasteiger partial charge in [0, 0.05) is 22.4 Å². The van der Waals surface area contributed by atoms with Crippen LogP contribution in [0.2, 0.25) is 0 Å². The number of amides is 3. The van der Waals surface area contributed by atoms with Gasteiger partial charge in [-0.3, -0.25) is 25.2 Å². The van der Waals surface area contributed by atoms with Crippen LogP contribution in [-0.2, 0) is 0 Å². The third kappa shape index (κ3) is 5.63. The molecule has 0 aliphatic carbocycles. The van der Waals surface area contributed by atoms with Crippen molar-refractivity contribution in [3.63, 3.8) is 0 Å². The van der Waals surface area contributed by atoms with E-state index in [1.54, 1.807) is 30.3 Å². The number of nitrogens with one attached hydrogen (secondary N) is 3. The van der Waals surface area contributed by atoms with E-state index in [1.165, 1.54) is 45.6 Å². The first-order chi connectivity index (χ1) is 16.4. The van der Waals surface area contributed by atoms with Gasteiger partial charge in [-0.15, -0.1) is 0 Å². The third-order valence-corrected chi connectivity index (χ3v) is 4.90. The smallest absolute Gasteiger partial charge is 0.269 e. The Balaban J connectivity index is 1.63. The zero-order chi connectivity index (χ0) is 24.7. The number of ether oxygens (including phenoxy) is 3. The summed E-state index contributed by atoms with van der Waals surface area (Å²) in [5.41, 5.74) is 7.20. The van der Waals surface area contributed by atoms with Gasteiger partial charge < -0.3 is 19.5 Å². The van der Waals surface area contributed by atoms with E-state index < -0.39 is 17.7 Å². The zero-order valence-electron chi connectivity index (χ0n) is 19.2. The number of methoxy groups -OCH3 is 3. The molecule has 0 fully saturated rings. The highest BCUT2D eigenvalue weighted by Gasteiger charge is 2.17. The van der Waals surface area contributed by atoms with Gasteiger partial charge in [0.05, 0.1) is 21.3 Å². The summed E-state index contributed by atoms with van der Waals surface area (Å²) in [7, 11) is 4.41. The molecule has 3 amide bonds. The lowest BCUT2D eigenvalue weighted by atomic mass is 10.1. The molecule has 0 heterocycles. The largest absolute Gasteiger partial charge is 0.493 e. The highest BCUT2D eigenvalue weighted by Crippen LogP contribution is 2.38. The molecule has 0 aromatic heterocycles. The molecule has 0 aliphatic rings. The van der Waals surface area contributed by atoms with Crippen molar-refractivity contribution in [2.45, 2.75) is 6.92 Å². The van der Waals surface area contributed by atoms with E-state index in [0.717, 1.165) is 5.56 Å². The normalized spacial score (nSPS) is 10.1. The first-order valence-electron chi connectivity index (χ1n) is 10.2. The molecule has 0 atom stereocenters. The van der Waals surface area contributed by atoms with Crippen molar-refractivity contribution in [1.82, 2.24) is 10.9 Å². The number of benzene rings is 3. The molecule has 0 bridgehead atoms. The molecule has 0 saturated heterocycles. The van der Waals surface area contributed by atoms with Crippen LogP contribution in [0.4, 0.5) is 5.69 Å². The molecular weight excluding hydrogens is 438 g/mol. The van der Waals surface area contributed by atoms with Crippen molar-refractivity contribution in [1.29, 1.82) is 0 Å². The summed E-state index contributed by atoms with van der Waals surface area (Å²) in [5, 5.41) is 2.75. The molecule has 0 unspecified atom stereocenters. The van der Waals surface area contributed by atoms with Crippen LogP contribution in [0.3, 0.4) is 0 Å². The van der Waals surface area contributed by atoms with Crippen molar-refractivity contribution in [2.75, 3.05) is 26.6 Å². The Morgan fingerprint density at radius 3 is 1.76 bits per heavy atom. The molecule has 0 saturated carbocycles. The van der Waals surface area contributed by atoms with Crippen LogP contribution >= 0.6 is 0 Å². The molecule has 34 heavy (non-hydrogen) atoms. The van der Waals surface area contributed by atoms with Crippen LogP contribution < -0.4 is 30.4 Å². The van der Waals surface area contributed by atoms with Crippen molar-refractivity contribution < 1.29 is 28.6 Å². The second kappa shape index (κ2) is 10.9. The van der Waals surface area contributed by atoms with Gasteiger partial charge in [0.15, 0.2) is 11.5 Å². The van der Waals surface area contributed by atoms with Crippen LogP contribution in [0.5, 0.6) is 17.2 Å².